The lowest BCUT2D eigenvalue weighted by Crippen LogP contribution is -2.14. The smallest absolute Gasteiger partial charge is 0.265 e. The van der Waals surface area contributed by atoms with E-state index in [1.54, 1.807) is 47.8 Å². The molecule has 0 amide bonds. The van der Waals surface area contributed by atoms with E-state index in [4.69, 9.17) is 4.74 Å². The second-order valence-electron chi connectivity index (χ2n) is 6.21. The molecule has 4 rings (SSSR count). The topological polar surface area (TPSA) is 98.5 Å². The number of aryl methyl sites for hydroxylation is 1. The maximum Gasteiger partial charge on any atom is 0.265 e. The first-order valence-electron chi connectivity index (χ1n) is 8.53. The van der Waals surface area contributed by atoms with E-state index in [9.17, 15) is 12.8 Å². The highest BCUT2D eigenvalue weighted by Gasteiger charge is 2.20. The number of halogens is 1. The number of anilines is 1. The maximum atomic E-state index is 13.5. The van der Waals surface area contributed by atoms with E-state index in [1.165, 1.54) is 13.2 Å². The summed E-state index contributed by atoms with van der Waals surface area (Å²) in [5, 5.41) is 12.4. The van der Waals surface area contributed by atoms with Gasteiger partial charge in [0.2, 0.25) is 0 Å². The van der Waals surface area contributed by atoms with Gasteiger partial charge in [-0.15, -0.1) is 10.2 Å². The number of aromatic nitrogens is 4. The number of sulfonamides is 1. The molecule has 148 valence electrons. The van der Waals surface area contributed by atoms with E-state index in [0.717, 1.165) is 17.7 Å². The normalized spacial score (nSPS) is 11.6. The van der Waals surface area contributed by atoms with Crippen LogP contribution >= 0.6 is 0 Å². The van der Waals surface area contributed by atoms with Gasteiger partial charge in [0.1, 0.15) is 16.5 Å². The molecule has 2 aromatic carbocycles. The van der Waals surface area contributed by atoms with Gasteiger partial charge in [-0.05, 0) is 49.4 Å². The van der Waals surface area contributed by atoms with Gasteiger partial charge >= 0.3 is 0 Å². The van der Waals surface area contributed by atoms with Gasteiger partial charge in [-0.2, -0.15) is 9.61 Å². The van der Waals surface area contributed by atoms with Crippen molar-refractivity contribution >= 4 is 21.4 Å². The Kier molecular flexibility index (Phi) is 4.63. The standard InChI is InChI=1S/C19H16FN5O3S/c1-12-21-22-19-10-8-16(23-25(12)19)13-3-6-15(7-4-13)24-29(26,27)18-11-14(20)5-9-17(18)28-2/h3-11,24H,1-2H3. The molecule has 0 aliphatic heterocycles. The molecule has 0 fully saturated rings. The molecule has 4 aromatic rings. The summed E-state index contributed by atoms with van der Waals surface area (Å²) in [6.45, 7) is 1.80. The first kappa shape index (κ1) is 18.8. The van der Waals surface area contributed by atoms with Crippen LogP contribution in [0.5, 0.6) is 5.75 Å². The van der Waals surface area contributed by atoms with Gasteiger partial charge in [0, 0.05) is 11.3 Å². The van der Waals surface area contributed by atoms with Gasteiger partial charge in [-0.1, -0.05) is 12.1 Å². The Hall–Kier alpha value is -3.53. The number of ether oxygens (including phenoxy) is 1. The molecule has 2 heterocycles. The first-order valence-corrected chi connectivity index (χ1v) is 10.0. The monoisotopic (exact) mass is 413 g/mol. The fourth-order valence-electron chi connectivity index (χ4n) is 2.83. The summed E-state index contributed by atoms with van der Waals surface area (Å²) in [6, 6.07) is 13.6. The van der Waals surface area contributed by atoms with E-state index >= 15 is 0 Å². The van der Waals surface area contributed by atoms with Gasteiger partial charge in [-0.3, -0.25) is 4.72 Å². The highest BCUT2D eigenvalue weighted by atomic mass is 32.2. The highest BCUT2D eigenvalue weighted by Crippen LogP contribution is 2.27. The zero-order valence-electron chi connectivity index (χ0n) is 15.5. The number of rotatable bonds is 5. The highest BCUT2D eigenvalue weighted by molar-refractivity contribution is 7.92. The lowest BCUT2D eigenvalue weighted by molar-refractivity contribution is 0.401. The Morgan fingerprint density at radius 2 is 1.79 bits per heavy atom. The van der Waals surface area contributed by atoms with Gasteiger partial charge < -0.3 is 4.74 Å². The molecule has 0 atom stereocenters. The number of nitrogens with one attached hydrogen (secondary N) is 1. The Morgan fingerprint density at radius 3 is 2.52 bits per heavy atom. The molecule has 0 aliphatic rings. The molecule has 10 heteroatoms. The Bertz CT molecular complexity index is 1300. The van der Waals surface area contributed by atoms with Crippen molar-refractivity contribution < 1.29 is 17.5 Å². The van der Waals surface area contributed by atoms with Crippen molar-refractivity contribution in [2.24, 2.45) is 0 Å². The maximum absolute atomic E-state index is 13.5. The van der Waals surface area contributed by atoms with E-state index in [-0.39, 0.29) is 10.6 Å². The van der Waals surface area contributed by atoms with Crippen molar-refractivity contribution in [3.05, 3.63) is 66.2 Å². The Balaban J connectivity index is 1.62. The van der Waals surface area contributed by atoms with Crippen LogP contribution in [0.1, 0.15) is 5.82 Å². The minimum Gasteiger partial charge on any atom is -0.495 e. The van der Waals surface area contributed by atoms with Crippen LogP contribution in [0.25, 0.3) is 16.9 Å². The zero-order valence-corrected chi connectivity index (χ0v) is 16.3. The molecule has 0 radical (unpaired) electrons. The predicted molar refractivity (Wildman–Crippen MR) is 105 cm³/mol. The molecule has 0 bridgehead atoms. The zero-order chi connectivity index (χ0) is 20.6. The lowest BCUT2D eigenvalue weighted by atomic mass is 10.1. The average molecular weight is 413 g/mol. The van der Waals surface area contributed by atoms with Crippen molar-refractivity contribution in [2.45, 2.75) is 11.8 Å². The van der Waals surface area contributed by atoms with Crippen LogP contribution in [0, 0.1) is 12.7 Å². The second kappa shape index (κ2) is 7.13. The number of fused-ring (bicyclic) bond motifs is 1. The number of benzene rings is 2. The van der Waals surface area contributed by atoms with Crippen molar-refractivity contribution in [3.63, 3.8) is 0 Å². The fraction of sp³-hybridized carbons (Fsp3) is 0.105. The third-order valence-corrected chi connectivity index (χ3v) is 5.67. The van der Waals surface area contributed by atoms with E-state index in [0.29, 0.717) is 22.9 Å². The van der Waals surface area contributed by atoms with Crippen LogP contribution in [0.2, 0.25) is 0 Å². The molecule has 0 spiro atoms. The summed E-state index contributed by atoms with van der Waals surface area (Å²) in [5.74, 6) is 0.0416. The minimum atomic E-state index is -4.03. The SMILES string of the molecule is COc1ccc(F)cc1S(=O)(=O)Nc1ccc(-c2ccc3nnc(C)n3n2)cc1. The third kappa shape index (κ3) is 3.61. The van der Waals surface area contributed by atoms with Crippen LogP contribution in [-0.2, 0) is 10.0 Å². The summed E-state index contributed by atoms with van der Waals surface area (Å²) in [7, 11) is -2.71. The summed E-state index contributed by atoms with van der Waals surface area (Å²) in [4.78, 5) is -0.278. The number of hydrogen-bond acceptors (Lipinski definition) is 6. The van der Waals surface area contributed by atoms with Gasteiger partial charge in [0.25, 0.3) is 10.0 Å². The summed E-state index contributed by atoms with van der Waals surface area (Å²) < 4.78 is 47.9. The number of methoxy groups -OCH3 is 1. The first-order chi connectivity index (χ1) is 13.9. The van der Waals surface area contributed by atoms with E-state index in [2.05, 4.69) is 20.0 Å². The van der Waals surface area contributed by atoms with Crippen LogP contribution < -0.4 is 9.46 Å². The second-order valence-corrected chi connectivity index (χ2v) is 7.86. The minimum absolute atomic E-state index is 0.0531. The largest absolute Gasteiger partial charge is 0.495 e. The van der Waals surface area contributed by atoms with Gasteiger partial charge in [0.15, 0.2) is 11.5 Å². The van der Waals surface area contributed by atoms with Crippen LogP contribution in [-0.4, -0.2) is 35.3 Å². The van der Waals surface area contributed by atoms with Gasteiger partial charge in [-0.25, -0.2) is 12.8 Å². The molecule has 0 unspecified atom stereocenters. The van der Waals surface area contributed by atoms with Crippen LogP contribution in [0.15, 0.2) is 59.5 Å². The number of hydrogen-bond donors (Lipinski definition) is 1. The average Bonchev–Trinajstić information content (AvgIpc) is 3.08. The molecule has 0 aliphatic carbocycles. The molecule has 29 heavy (non-hydrogen) atoms. The molecule has 0 saturated heterocycles. The summed E-state index contributed by atoms with van der Waals surface area (Å²) in [5.41, 5.74) is 2.43. The van der Waals surface area contributed by atoms with Crippen molar-refractivity contribution in [1.82, 2.24) is 19.8 Å². The van der Waals surface area contributed by atoms with Crippen molar-refractivity contribution in [2.75, 3.05) is 11.8 Å². The quantitative estimate of drug-likeness (QED) is 0.540. The van der Waals surface area contributed by atoms with E-state index < -0.39 is 15.8 Å². The molecular weight excluding hydrogens is 397 g/mol. The number of nitrogens with zero attached hydrogens (tertiary/aromatic N) is 4. The predicted octanol–water partition coefficient (Wildman–Crippen LogP) is 3.05. The van der Waals surface area contributed by atoms with Crippen LogP contribution in [0.4, 0.5) is 10.1 Å². The molecule has 1 N–H and O–H groups in total. The summed E-state index contributed by atoms with van der Waals surface area (Å²) in [6.07, 6.45) is 0. The van der Waals surface area contributed by atoms with Crippen molar-refractivity contribution in [3.8, 4) is 17.0 Å². The molecule has 2 aromatic heterocycles. The summed E-state index contributed by atoms with van der Waals surface area (Å²) >= 11 is 0. The van der Waals surface area contributed by atoms with E-state index in [1.807, 2.05) is 0 Å². The lowest BCUT2D eigenvalue weighted by Gasteiger charge is -2.12. The fourth-order valence-corrected chi connectivity index (χ4v) is 4.07. The Labute approximate surface area is 166 Å². The van der Waals surface area contributed by atoms with Gasteiger partial charge in [0.05, 0.1) is 12.8 Å². The van der Waals surface area contributed by atoms with Crippen LogP contribution in [0.3, 0.4) is 0 Å². The molecular formula is C19H16FN5O3S. The Morgan fingerprint density at radius 1 is 1.03 bits per heavy atom. The molecule has 0 saturated carbocycles. The van der Waals surface area contributed by atoms with Crippen molar-refractivity contribution in [1.29, 1.82) is 0 Å². The third-order valence-electron chi connectivity index (χ3n) is 4.27. The molecule has 8 nitrogen and oxygen atoms in total.